The van der Waals surface area contributed by atoms with Gasteiger partial charge >= 0.3 is 0 Å². The molecular formula is C20H20N4O. The molecule has 1 fully saturated rings. The van der Waals surface area contributed by atoms with E-state index in [1.807, 2.05) is 49.4 Å². The Kier molecular flexibility index (Phi) is 4.06. The highest BCUT2D eigenvalue weighted by Gasteiger charge is 2.25. The van der Waals surface area contributed by atoms with Gasteiger partial charge in [0, 0.05) is 42.5 Å². The van der Waals surface area contributed by atoms with E-state index in [0.29, 0.717) is 5.56 Å². The van der Waals surface area contributed by atoms with Crippen molar-refractivity contribution in [1.82, 2.24) is 15.3 Å². The maximum atomic E-state index is 12.6. The lowest BCUT2D eigenvalue weighted by molar-refractivity contribution is 0.0940. The first-order valence-corrected chi connectivity index (χ1v) is 8.53. The summed E-state index contributed by atoms with van der Waals surface area (Å²) in [6.07, 6.45) is 4.52. The van der Waals surface area contributed by atoms with Gasteiger partial charge in [0.05, 0.1) is 5.52 Å². The number of fused-ring (bicyclic) bond motifs is 1. The van der Waals surface area contributed by atoms with Gasteiger partial charge in [0.2, 0.25) is 0 Å². The Hall–Kier alpha value is -2.95. The van der Waals surface area contributed by atoms with E-state index in [0.717, 1.165) is 41.8 Å². The van der Waals surface area contributed by atoms with Crippen molar-refractivity contribution in [2.75, 3.05) is 18.0 Å². The van der Waals surface area contributed by atoms with Crippen LogP contribution in [0, 0.1) is 6.92 Å². The molecule has 1 aromatic carbocycles. The van der Waals surface area contributed by atoms with Gasteiger partial charge in [-0.05, 0) is 55.3 Å². The van der Waals surface area contributed by atoms with Crippen molar-refractivity contribution in [2.24, 2.45) is 0 Å². The molecule has 3 aromatic rings. The van der Waals surface area contributed by atoms with Gasteiger partial charge < -0.3 is 10.2 Å². The predicted molar refractivity (Wildman–Crippen MR) is 98.8 cm³/mol. The lowest BCUT2D eigenvalue weighted by Crippen LogP contribution is -2.37. The zero-order valence-electron chi connectivity index (χ0n) is 14.1. The number of aromatic nitrogens is 2. The van der Waals surface area contributed by atoms with Crippen LogP contribution < -0.4 is 10.2 Å². The van der Waals surface area contributed by atoms with Crippen LogP contribution in [-0.2, 0) is 0 Å². The van der Waals surface area contributed by atoms with Gasteiger partial charge in [-0.1, -0.05) is 6.07 Å². The van der Waals surface area contributed by atoms with Crippen LogP contribution >= 0.6 is 0 Å². The van der Waals surface area contributed by atoms with E-state index in [1.54, 1.807) is 12.4 Å². The van der Waals surface area contributed by atoms with Gasteiger partial charge in [-0.3, -0.25) is 9.78 Å². The molecule has 1 N–H and O–H groups in total. The van der Waals surface area contributed by atoms with Crippen LogP contribution in [0.4, 0.5) is 5.82 Å². The molecule has 1 amide bonds. The van der Waals surface area contributed by atoms with Crippen molar-refractivity contribution < 1.29 is 4.79 Å². The molecule has 2 aromatic heterocycles. The average molecular weight is 332 g/mol. The second-order valence-corrected chi connectivity index (χ2v) is 6.45. The van der Waals surface area contributed by atoms with E-state index in [2.05, 4.69) is 20.2 Å². The summed E-state index contributed by atoms with van der Waals surface area (Å²) >= 11 is 0. The van der Waals surface area contributed by atoms with Crippen molar-refractivity contribution in [3.63, 3.8) is 0 Å². The first kappa shape index (κ1) is 15.6. The molecule has 5 nitrogen and oxygen atoms in total. The first-order chi connectivity index (χ1) is 12.2. The number of carbonyl (C=O) groups is 1. The highest BCUT2D eigenvalue weighted by atomic mass is 16.1. The number of amides is 1. The number of benzene rings is 1. The fourth-order valence-corrected chi connectivity index (χ4v) is 3.32. The zero-order valence-corrected chi connectivity index (χ0v) is 14.1. The van der Waals surface area contributed by atoms with Crippen LogP contribution in [0.2, 0.25) is 0 Å². The molecule has 4 rings (SSSR count). The number of nitrogens with one attached hydrogen (secondary N) is 1. The maximum absolute atomic E-state index is 12.6. The Morgan fingerprint density at radius 3 is 2.92 bits per heavy atom. The number of hydrogen-bond donors (Lipinski definition) is 1. The molecule has 1 saturated heterocycles. The molecule has 1 aliphatic rings. The fraction of sp³-hybridized carbons (Fsp3) is 0.250. The minimum Gasteiger partial charge on any atom is -0.354 e. The Labute approximate surface area is 146 Å². The summed E-state index contributed by atoms with van der Waals surface area (Å²) in [5, 5.41) is 4.17. The van der Waals surface area contributed by atoms with E-state index in [-0.39, 0.29) is 11.9 Å². The van der Waals surface area contributed by atoms with Gasteiger partial charge in [0.1, 0.15) is 5.82 Å². The summed E-state index contributed by atoms with van der Waals surface area (Å²) in [4.78, 5) is 23.6. The Morgan fingerprint density at radius 2 is 2.08 bits per heavy atom. The molecule has 1 unspecified atom stereocenters. The first-order valence-electron chi connectivity index (χ1n) is 8.53. The van der Waals surface area contributed by atoms with Crippen LogP contribution in [0.25, 0.3) is 10.9 Å². The largest absolute Gasteiger partial charge is 0.354 e. The highest BCUT2D eigenvalue weighted by molar-refractivity contribution is 5.98. The molecule has 5 heteroatoms. The number of carbonyl (C=O) groups excluding carboxylic acids is 1. The molecular weight excluding hydrogens is 312 g/mol. The van der Waals surface area contributed by atoms with Gasteiger partial charge in [-0.25, -0.2) is 4.98 Å². The van der Waals surface area contributed by atoms with E-state index in [4.69, 9.17) is 0 Å². The molecule has 0 bridgehead atoms. The van der Waals surface area contributed by atoms with Crippen molar-refractivity contribution in [1.29, 1.82) is 0 Å². The Morgan fingerprint density at radius 1 is 1.16 bits per heavy atom. The molecule has 0 aliphatic carbocycles. The van der Waals surface area contributed by atoms with Crippen LogP contribution in [-0.4, -0.2) is 35.0 Å². The second-order valence-electron chi connectivity index (χ2n) is 6.45. The quantitative estimate of drug-likeness (QED) is 0.801. The van der Waals surface area contributed by atoms with Gasteiger partial charge in [-0.2, -0.15) is 0 Å². The van der Waals surface area contributed by atoms with E-state index in [9.17, 15) is 4.79 Å². The van der Waals surface area contributed by atoms with Gasteiger partial charge in [0.25, 0.3) is 5.91 Å². The topological polar surface area (TPSA) is 58.1 Å². The number of hydrogen-bond acceptors (Lipinski definition) is 4. The number of rotatable bonds is 3. The third-order valence-corrected chi connectivity index (χ3v) is 4.72. The Balaban J connectivity index is 1.47. The van der Waals surface area contributed by atoms with Gasteiger partial charge in [-0.15, -0.1) is 0 Å². The maximum Gasteiger partial charge on any atom is 0.251 e. The van der Waals surface area contributed by atoms with E-state index in [1.165, 1.54) is 0 Å². The molecule has 1 aliphatic heterocycles. The van der Waals surface area contributed by atoms with E-state index >= 15 is 0 Å². The molecule has 0 saturated carbocycles. The zero-order chi connectivity index (χ0) is 17.2. The third-order valence-electron chi connectivity index (χ3n) is 4.72. The number of aryl methyl sites for hydroxylation is 1. The average Bonchev–Trinajstić information content (AvgIpc) is 3.11. The number of pyridine rings is 2. The lowest BCUT2D eigenvalue weighted by atomic mass is 10.1. The monoisotopic (exact) mass is 332 g/mol. The third kappa shape index (κ3) is 3.18. The SMILES string of the molecule is Cc1ccnc2ccc(C(=O)NC3CCN(c4ccccn4)C3)cc12. The van der Waals surface area contributed by atoms with Crippen LogP contribution in [0.1, 0.15) is 22.3 Å². The van der Waals surface area contributed by atoms with E-state index < -0.39 is 0 Å². The minimum absolute atomic E-state index is 0.0296. The highest BCUT2D eigenvalue weighted by Crippen LogP contribution is 2.20. The molecule has 0 spiro atoms. The number of anilines is 1. The fourth-order valence-electron chi connectivity index (χ4n) is 3.32. The molecule has 1 atom stereocenters. The Bertz CT molecular complexity index is 910. The summed E-state index contributed by atoms with van der Waals surface area (Å²) in [5.74, 6) is 0.935. The van der Waals surface area contributed by atoms with Crippen LogP contribution in [0.5, 0.6) is 0 Å². The van der Waals surface area contributed by atoms with Crippen LogP contribution in [0.3, 0.4) is 0 Å². The molecule has 126 valence electrons. The molecule has 0 radical (unpaired) electrons. The smallest absolute Gasteiger partial charge is 0.251 e. The number of nitrogens with zero attached hydrogens (tertiary/aromatic N) is 3. The predicted octanol–water partition coefficient (Wildman–Crippen LogP) is 2.95. The summed E-state index contributed by atoms with van der Waals surface area (Å²) in [7, 11) is 0. The van der Waals surface area contributed by atoms with Crippen molar-refractivity contribution >= 4 is 22.6 Å². The van der Waals surface area contributed by atoms with Crippen molar-refractivity contribution in [3.05, 3.63) is 66.0 Å². The van der Waals surface area contributed by atoms with Gasteiger partial charge in [0.15, 0.2) is 0 Å². The normalized spacial score (nSPS) is 17.0. The van der Waals surface area contributed by atoms with Crippen molar-refractivity contribution in [2.45, 2.75) is 19.4 Å². The summed E-state index contributed by atoms with van der Waals surface area (Å²) < 4.78 is 0. The standard InChI is InChI=1S/C20H20N4O/c1-14-7-10-21-18-6-5-15(12-17(14)18)20(25)23-16-8-11-24(13-16)19-4-2-3-9-22-19/h2-7,9-10,12,16H,8,11,13H2,1H3,(H,23,25). The summed E-state index contributed by atoms with van der Waals surface area (Å²) in [5.41, 5.74) is 2.72. The minimum atomic E-state index is -0.0296. The molecule has 3 heterocycles. The summed E-state index contributed by atoms with van der Waals surface area (Å²) in [6.45, 7) is 3.73. The molecule has 25 heavy (non-hydrogen) atoms. The summed E-state index contributed by atoms with van der Waals surface area (Å²) in [6, 6.07) is 13.7. The second kappa shape index (κ2) is 6.51. The van der Waals surface area contributed by atoms with Crippen molar-refractivity contribution in [3.8, 4) is 0 Å². The lowest BCUT2D eigenvalue weighted by Gasteiger charge is -2.17. The van der Waals surface area contributed by atoms with Crippen LogP contribution in [0.15, 0.2) is 54.9 Å².